The van der Waals surface area contributed by atoms with E-state index in [1.165, 1.54) is 36.3 Å². The van der Waals surface area contributed by atoms with Gasteiger partial charge in [-0.2, -0.15) is 31.1 Å². The highest BCUT2D eigenvalue weighted by molar-refractivity contribution is 7.92. The van der Waals surface area contributed by atoms with Crippen LogP contribution in [0.3, 0.4) is 0 Å². The smallest absolute Gasteiger partial charge is 0.445 e. The number of nitrogens with zero attached hydrogens (tertiary/aromatic N) is 7. The molecule has 0 saturated carbocycles. The topological polar surface area (TPSA) is 154 Å². The van der Waals surface area contributed by atoms with Crippen molar-refractivity contribution in [2.24, 2.45) is 0 Å². The Bertz CT molecular complexity index is 2000. The molecule has 3 aromatic heterocycles. The van der Waals surface area contributed by atoms with Gasteiger partial charge >= 0.3 is 12.2 Å². The number of aromatic nitrogens is 6. The third kappa shape index (κ3) is 8.23. The van der Waals surface area contributed by atoms with E-state index < -0.39 is 73.5 Å². The first-order valence-corrected chi connectivity index (χ1v) is 15.3. The van der Waals surface area contributed by atoms with E-state index in [0.29, 0.717) is 10.2 Å². The van der Waals surface area contributed by atoms with E-state index in [4.69, 9.17) is 9.47 Å². The molecule has 22 heteroatoms. The summed E-state index contributed by atoms with van der Waals surface area (Å²) in [6.45, 7) is 2.98. The molecule has 0 bridgehead atoms. The number of nitrogens with one attached hydrogen (secondary N) is 1. The highest BCUT2D eigenvalue weighted by Gasteiger charge is 2.36. The number of anilines is 2. The van der Waals surface area contributed by atoms with E-state index in [1.54, 1.807) is 18.6 Å². The van der Waals surface area contributed by atoms with Crippen LogP contribution in [0.4, 0.5) is 42.1 Å². The number of sulfonamides is 1. The maximum atomic E-state index is 13.7. The summed E-state index contributed by atoms with van der Waals surface area (Å²) in [6, 6.07) is 7.59. The Morgan fingerprint density at radius 3 is 2.23 bits per heavy atom. The second-order valence-corrected chi connectivity index (χ2v) is 11.9. The molecule has 13 nitrogen and oxygen atoms in total. The van der Waals surface area contributed by atoms with Crippen molar-refractivity contribution in [2.75, 3.05) is 23.3 Å². The zero-order valence-electron chi connectivity index (χ0n) is 24.5. The molecule has 0 fully saturated rings. The fraction of sp³-hybridized carbons (Fsp3) is 0.231. The minimum atomic E-state index is -4.61. The van der Waals surface area contributed by atoms with Gasteiger partial charge in [0.1, 0.15) is 23.1 Å². The number of rotatable bonds is 9. The molecule has 48 heavy (non-hydrogen) atoms. The molecule has 0 aliphatic rings. The van der Waals surface area contributed by atoms with E-state index >= 15 is 0 Å². The molecular weight excluding hydrogens is 701 g/mol. The highest BCUT2D eigenvalue weighted by atomic mass is 32.2. The molecule has 0 saturated heterocycles. The van der Waals surface area contributed by atoms with Crippen LogP contribution in [-0.4, -0.2) is 63.9 Å². The maximum absolute atomic E-state index is 13.7. The van der Waals surface area contributed by atoms with Crippen molar-refractivity contribution in [3.8, 4) is 11.2 Å². The average molecular weight is 723 g/mol. The lowest BCUT2D eigenvalue weighted by Gasteiger charge is -2.26. The maximum Gasteiger partial charge on any atom is 0.445 e. The number of fused-ring (bicyclic) bond motifs is 1. The number of hydrogen-bond donors (Lipinski definition) is 1. The van der Waals surface area contributed by atoms with Crippen molar-refractivity contribution < 1.29 is 53.4 Å². The van der Waals surface area contributed by atoms with Gasteiger partial charge in [0.2, 0.25) is 5.01 Å². The van der Waals surface area contributed by atoms with Crippen LogP contribution < -0.4 is 19.1 Å². The molecule has 1 amide bonds. The molecule has 1 N–H and O–H groups in total. The molecule has 256 valence electrons. The van der Waals surface area contributed by atoms with Gasteiger partial charge in [-0.1, -0.05) is 22.5 Å². The Kier molecular flexibility index (Phi) is 10.7. The zero-order chi connectivity index (χ0) is 35.4. The van der Waals surface area contributed by atoms with E-state index in [0.717, 1.165) is 24.4 Å². The SMILES string of the molecule is CC(C)N(C(=O)COc1nnc(C(F)(F)F)s1)c1ccc(F)cc1.COc1ncc(F)c2nc(S(=O)(=O)Nc3c(F)cccc3F)nn12. The Balaban J connectivity index is 0.000000217. The van der Waals surface area contributed by atoms with Crippen molar-refractivity contribution in [1.82, 2.24) is 29.8 Å². The summed E-state index contributed by atoms with van der Waals surface area (Å²) in [5.41, 5.74) is -0.925. The van der Waals surface area contributed by atoms with Crippen LogP contribution in [-0.2, 0) is 21.0 Å². The molecular formula is C26H21F7N8O5S2. The molecule has 0 radical (unpaired) electrons. The fourth-order valence-electron chi connectivity index (χ4n) is 3.74. The molecule has 5 aromatic rings. The Labute approximate surface area is 270 Å². The first kappa shape index (κ1) is 35.7. The van der Waals surface area contributed by atoms with Crippen LogP contribution in [0.5, 0.6) is 11.2 Å². The third-order valence-electron chi connectivity index (χ3n) is 5.75. The van der Waals surface area contributed by atoms with Crippen molar-refractivity contribution >= 4 is 44.3 Å². The summed E-state index contributed by atoms with van der Waals surface area (Å²) in [5.74, 6) is -4.16. The predicted octanol–water partition coefficient (Wildman–Crippen LogP) is 4.87. The van der Waals surface area contributed by atoms with Gasteiger partial charge in [0.05, 0.1) is 13.3 Å². The molecule has 0 aliphatic carbocycles. The van der Waals surface area contributed by atoms with Crippen LogP contribution in [0.2, 0.25) is 0 Å². The molecule has 0 unspecified atom stereocenters. The predicted molar refractivity (Wildman–Crippen MR) is 154 cm³/mol. The number of ether oxygens (including phenoxy) is 2. The van der Waals surface area contributed by atoms with Gasteiger partial charge in [0.25, 0.3) is 26.3 Å². The van der Waals surface area contributed by atoms with Gasteiger partial charge in [-0.05, 0) is 50.2 Å². The average Bonchev–Trinajstić information content (AvgIpc) is 3.69. The summed E-state index contributed by atoms with van der Waals surface area (Å²) in [5, 5.41) is 7.36. The van der Waals surface area contributed by atoms with E-state index in [1.807, 2.05) is 0 Å². The summed E-state index contributed by atoms with van der Waals surface area (Å²) in [6.07, 6.45) is -3.84. The van der Waals surface area contributed by atoms with E-state index in [-0.39, 0.29) is 28.6 Å². The van der Waals surface area contributed by atoms with Crippen molar-refractivity contribution in [3.63, 3.8) is 0 Å². The number of benzene rings is 2. The first-order valence-electron chi connectivity index (χ1n) is 13.0. The van der Waals surface area contributed by atoms with Gasteiger partial charge in [0, 0.05) is 11.7 Å². The quantitative estimate of drug-likeness (QED) is 0.209. The highest BCUT2D eigenvalue weighted by Crippen LogP contribution is 2.34. The van der Waals surface area contributed by atoms with Crippen molar-refractivity contribution in [1.29, 1.82) is 0 Å². The van der Waals surface area contributed by atoms with Gasteiger partial charge in [-0.3, -0.25) is 9.52 Å². The second kappa shape index (κ2) is 14.3. The largest absolute Gasteiger partial charge is 0.467 e. The van der Waals surface area contributed by atoms with Crippen molar-refractivity contribution in [2.45, 2.75) is 31.2 Å². The number of halogens is 7. The molecule has 2 aromatic carbocycles. The molecule has 0 atom stereocenters. The number of amides is 1. The van der Waals surface area contributed by atoms with Gasteiger partial charge in [-0.15, -0.1) is 10.2 Å². The monoisotopic (exact) mass is 722 g/mol. The summed E-state index contributed by atoms with van der Waals surface area (Å²) < 4.78 is 128. The van der Waals surface area contributed by atoms with Gasteiger partial charge in [0.15, 0.2) is 18.1 Å². The Morgan fingerprint density at radius 1 is 1.02 bits per heavy atom. The number of carbonyl (C=O) groups excluding carboxylic acids is 1. The van der Waals surface area contributed by atoms with Gasteiger partial charge in [-0.25, -0.2) is 22.5 Å². The van der Waals surface area contributed by atoms with Crippen LogP contribution in [0.15, 0.2) is 53.8 Å². The lowest BCUT2D eigenvalue weighted by molar-refractivity contribution is -0.138. The summed E-state index contributed by atoms with van der Waals surface area (Å²) >= 11 is 0.210. The standard InChI is InChI=1S/C14H13F4N3O2S.C12H8F3N5O3S/c1-8(2)21(10-5-3-9(15)4-6-10)11(22)7-23-13-20-19-12(24-13)14(16,17)18;1-23-12-16-5-8(15)10-17-11(18-20(10)12)24(21,22)19-9-6(13)3-2-4-7(9)14/h3-6,8H,7H2,1-2H3;2-5,19H,1H3. The number of alkyl halides is 3. The Morgan fingerprint density at radius 2 is 1.67 bits per heavy atom. The first-order chi connectivity index (χ1) is 22.5. The number of hydrogen-bond acceptors (Lipinski definition) is 11. The van der Waals surface area contributed by atoms with E-state index in [2.05, 4.69) is 25.3 Å². The molecule has 5 rings (SSSR count). The normalized spacial score (nSPS) is 11.6. The summed E-state index contributed by atoms with van der Waals surface area (Å²) in [4.78, 5) is 20.7. The lowest BCUT2D eigenvalue weighted by Crippen LogP contribution is -2.40. The van der Waals surface area contributed by atoms with Crippen molar-refractivity contribution in [3.05, 3.63) is 76.9 Å². The number of carbonyl (C=O) groups is 1. The number of para-hydroxylation sites is 1. The minimum Gasteiger partial charge on any atom is -0.467 e. The van der Waals surface area contributed by atoms with Crippen LogP contribution in [0.1, 0.15) is 18.9 Å². The lowest BCUT2D eigenvalue weighted by atomic mass is 10.2. The van der Waals surface area contributed by atoms with Gasteiger partial charge < -0.3 is 14.4 Å². The van der Waals surface area contributed by atoms with Crippen LogP contribution >= 0.6 is 11.3 Å². The fourth-order valence-corrected chi connectivity index (χ4v) is 5.25. The van der Waals surface area contributed by atoms with E-state index in [9.17, 15) is 43.9 Å². The molecule has 0 aliphatic heterocycles. The molecule has 0 spiro atoms. The summed E-state index contributed by atoms with van der Waals surface area (Å²) in [7, 11) is -3.37. The number of methoxy groups -OCH3 is 1. The van der Waals surface area contributed by atoms with Crippen LogP contribution in [0, 0.1) is 23.3 Å². The Hall–Kier alpha value is -5.12. The zero-order valence-corrected chi connectivity index (χ0v) is 26.2. The second-order valence-electron chi connectivity index (χ2n) is 9.42. The third-order valence-corrected chi connectivity index (χ3v) is 7.76. The minimum absolute atomic E-state index is 0.210. The molecule has 3 heterocycles. The van der Waals surface area contributed by atoms with Crippen LogP contribution in [0.25, 0.3) is 5.65 Å².